The van der Waals surface area contributed by atoms with Crippen molar-refractivity contribution >= 4 is 22.5 Å². The molecule has 0 bridgehead atoms. The molecule has 4 rings (SSSR count). The standard InChI is InChI=1S/C31H42N4O2/c1-4-27(36)15-6-5-7-16-28(31(37)33-21-26-14-10-11-19-34(26)2)30-32-22-29(35(30)3)25-18-17-23-12-8-9-13-24(23)20-25/h8-9,12-13,17-18,20,22,26,28H,4-7,10-11,14-16,19,21H2,1-3H3,(H,33,37). The summed E-state index contributed by atoms with van der Waals surface area (Å²) in [4.78, 5) is 32.4. The highest BCUT2D eigenvalue weighted by Gasteiger charge is 2.27. The molecule has 1 aliphatic heterocycles. The Morgan fingerprint density at radius 1 is 1.05 bits per heavy atom. The van der Waals surface area contributed by atoms with Crippen molar-refractivity contribution in [2.24, 2.45) is 7.05 Å². The van der Waals surface area contributed by atoms with Gasteiger partial charge in [0.15, 0.2) is 0 Å². The number of carbonyl (C=O) groups is 2. The lowest BCUT2D eigenvalue weighted by Crippen LogP contribution is -2.45. The summed E-state index contributed by atoms with van der Waals surface area (Å²) in [6.45, 7) is 3.69. The molecule has 1 amide bonds. The third kappa shape index (κ3) is 6.86. The van der Waals surface area contributed by atoms with E-state index >= 15 is 0 Å². The predicted molar refractivity (Wildman–Crippen MR) is 151 cm³/mol. The number of benzene rings is 2. The van der Waals surface area contributed by atoms with Gasteiger partial charge in [-0.15, -0.1) is 0 Å². The lowest BCUT2D eigenvalue weighted by molar-refractivity contribution is -0.123. The van der Waals surface area contributed by atoms with E-state index in [-0.39, 0.29) is 11.8 Å². The van der Waals surface area contributed by atoms with Crippen molar-refractivity contribution < 1.29 is 9.59 Å². The zero-order valence-corrected chi connectivity index (χ0v) is 22.7. The number of hydrogen-bond acceptors (Lipinski definition) is 4. The minimum atomic E-state index is -0.310. The second kappa shape index (κ2) is 13.0. The lowest BCUT2D eigenvalue weighted by Gasteiger charge is -2.32. The van der Waals surface area contributed by atoms with E-state index in [0.29, 0.717) is 31.2 Å². The minimum Gasteiger partial charge on any atom is -0.354 e. The second-order valence-electron chi connectivity index (χ2n) is 10.5. The Kier molecular flexibility index (Phi) is 9.51. The Labute approximate surface area is 221 Å². The first kappa shape index (κ1) is 27.1. The van der Waals surface area contributed by atoms with Gasteiger partial charge in [-0.25, -0.2) is 4.98 Å². The van der Waals surface area contributed by atoms with Crippen molar-refractivity contribution in [1.82, 2.24) is 19.8 Å². The zero-order chi connectivity index (χ0) is 26.2. The van der Waals surface area contributed by atoms with Crippen LogP contribution in [0.15, 0.2) is 48.7 Å². The highest BCUT2D eigenvalue weighted by molar-refractivity contribution is 5.87. The number of hydrogen-bond donors (Lipinski definition) is 1. The number of fused-ring (bicyclic) bond motifs is 1. The van der Waals surface area contributed by atoms with Gasteiger partial charge in [0.2, 0.25) is 5.91 Å². The van der Waals surface area contributed by atoms with E-state index < -0.39 is 0 Å². The van der Waals surface area contributed by atoms with Crippen LogP contribution < -0.4 is 5.32 Å². The molecular weight excluding hydrogens is 460 g/mol. The largest absolute Gasteiger partial charge is 0.354 e. The van der Waals surface area contributed by atoms with Crippen LogP contribution in [0.1, 0.15) is 76.5 Å². The van der Waals surface area contributed by atoms with Crippen LogP contribution in [0.4, 0.5) is 0 Å². The number of aromatic nitrogens is 2. The molecule has 198 valence electrons. The number of likely N-dealkylation sites (tertiary alicyclic amines) is 1. The average Bonchev–Trinajstić information content (AvgIpc) is 3.30. The Bertz CT molecular complexity index is 1200. The van der Waals surface area contributed by atoms with Crippen LogP contribution in [0.5, 0.6) is 0 Å². The normalized spacial score (nSPS) is 17.1. The van der Waals surface area contributed by atoms with Gasteiger partial charge in [-0.3, -0.25) is 9.59 Å². The van der Waals surface area contributed by atoms with E-state index in [1.54, 1.807) is 0 Å². The highest BCUT2D eigenvalue weighted by Crippen LogP contribution is 2.29. The maximum Gasteiger partial charge on any atom is 0.230 e. The Morgan fingerprint density at radius 2 is 1.86 bits per heavy atom. The third-order valence-corrected chi connectivity index (χ3v) is 7.97. The number of Topliss-reactive ketones (excluding diaryl/α,β-unsaturated/α-hetero) is 1. The molecule has 37 heavy (non-hydrogen) atoms. The molecule has 0 aliphatic carbocycles. The van der Waals surface area contributed by atoms with Crippen LogP contribution in [0.3, 0.4) is 0 Å². The van der Waals surface area contributed by atoms with Gasteiger partial charge < -0.3 is 14.8 Å². The van der Waals surface area contributed by atoms with E-state index in [1.165, 1.54) is 23.6 Å². The summed E-state index contributed by atoms with van der Waals surface area (Å²) in [5.41, 5.74) is 2.11. The molecule has 6 nitrogen and oxygen atoms in total. The van der Waals surface area contributed by atoms with Crippen molar-refractivity contribution in [3.05, 3.63) is 54.5 Å². The van der Waals surface area contributed by atoms with Crippen molar-refractivity contribution in [2.45, 2.75) is 76.7 Å². The maximum atomic E-state index is 13.5. The number of rotatable bonds is 12. The smallest absolute Gasteiger partial charge is 0.230 e. The van der Waals surface area contributed by atoms with E-state index in [9.17, 15) is 9.59 Å². The Hall–Kier alpha value is -2.99. The fraction of sp³-hybridized carbons (Fsp3) is 0.516. The van der Waals surface area contributed by atoms with Crippen LogP contribution in [-0.4, -0.2) is 52.3 Å². The average molecular weight is 503 g/mol. The van der Waals surface area contributed by atoms with Gasteiger partial charge in [-0.05, 0) is 56.1 Å². The van der Waals surface area contributed by atoms with E-state index in [2.05, 4.69) is 64.3 Å². The van der Waals surface area contributed by atoms with Gasteiger partial charge in [0.1, 0.15) is 11.6 Å². The molecule has 6 heteroatoms. The zero-order valence-electron chi connectivity index (χ0n) is 22.7. The summed E-state index contributed by atoms with van der Waals surface area (Å²) < 4.78 is 2.09. The van der Waals surface area contributed by atoms with Crippen LogP contribution in [0, 0.1) is 0 Å². The monoisotopic (exact) mass is 502 g/mol. The Balaban J connectivity index is 1.50. The summed E-state index contributed by atoms with van der Waals surface area (Å²) in [5, 5.41) is 5.66. The summed E-state index contributed by atoms with van der Waals surface area (Å²) in [5.74, 6) is 0.870. The van der Waals surface area contributed by atoms with Crippen LogP contribution in [0.25, 0.3) is 22.0 Å². The molecule has 3 aromatic rings. The van der Waals surface area contributed by atoms with E-state index in [1.807, 2.05) is 20.2 Å². The summed E-state index contributed by atoms with van der Waals surface area (Å²) in [6.07, 6.45) is 10.2. The second-order valence-corrected chi connectivity index (χ2v) is 10.5. The number of ketones is 1. The first-order valence-corrected chi connectivity index (χ1v) is 14.0. The molecular formula is C31H42N4O2. The van der Waals surface area contributed by atoms with Gasteiger partial charge in [-0.1, -0.05) is 62.6 Å². The number of carbonyl (C=O) groups excluding carboxylic acids is 2. The molecule has 1 fully saturated rings. The van der Waals surface area contributed by atoms with E-state index in [4.69, 9.17) is 4.98 Å². The van der Waals surface area contributed by atoms with Gasteiger partial charge in [0.25, 0.3) is 0 Å². The van der Waals surface area contributed by atoms with Crippen molar-refractivity contribution in [1.29, 1.82) is 0 Å². The molecule has 1 saturated heterocycles. The predicted octanol–water partition coefficient (Wildman–Crippen LogP) is 5.85. The lowest BCUT2D eigenvalue weighted by atomic mass is 9.97. The van der Waals surface area contributed by atoms with E-state index in [0.717, 1.165) is 55.7 Å². The number of imidazole rings is 1. The molecule has 0 saturated carbocycles. The van der Waals surface area contributed by atoms with Crippen molar-refractivity contribution in [2.75, 3.05) is 20.1 Å². The Morgan fingerprint density at radius 3 is 2.65 bits per heavy atom. The highest BCUT2D eigenvalue weighted by atomic mass is 16.2. The van der Waals surface area contributed by atoms with Gasteiger partial charge in [0.05, 0.1) is 17.8 Å². The van der Waals surface area contributed by atoms with Crippen LogP contribution in [0.2, 0.25) is 0 Å². The summed E-state index contributed by atoms with van der Waals surface area (Å²) in [7, 11) is 4.17. The molecule has 0 radical (unpaired) electrons. The quantitative estimate of drug-likeness (QED) is 0.315. The van der Waals surface area contributed by atoms with Crippen LogP contribution >= 0.6 is 0 Å². The number of amides is 1. The molecule has 2 aromatic carbocycles. The number of piperidine rings is 1. The number of nitrogens with one attached hydrogen (secondary N) is 1. The fourth-order valence-electron chi connectivity index (χ4n) is 5.51. The van der Waals surface area contributed by atoms with Gasteiger partial charge in [0, 0.05) is 38.0 Å². The molecule has 2 atom stereocenters. The van der Waals surface area contributed by atoms with Crippen molar-refractivity contribution in [3.63, 3.8) is 0 Å². The molecule has 1 N–H and O–H groups in total. The summed E-state index contributed by atoms with van der Waals surface area (Å²) >= 11 is 0. The number of nitrogens with zero attached hydrogens (tertiary/aromatic N) is 3. The number of unbranched alkanes of at least 4 members (excludes halogenated alkanes) is 2. The topological polar surface area (TPSA) is 67.2 Å². The first-order chi connectivity index (χ1) is 18.0. The summed E-state index contributed by atoms with van der Waals surface area (Å²) in [6, 6.07) is 15.2. The van der Waals surface area contributed by atoms with Gasteiger partial charge >= 0.3 is 0 Å². The van der Waals surface area contributed by atoms with Gasteiger partial charge in [-0.2, -0.15) is 0 Å². The fourth-order valence-corrected chi connectivity index (χ4v) is 5.51. The van der Waals surface area contributed by atoms with Crippen LogP contribution in [-0.2, 0) is 16.6 Å². The molecule has 1 aliphatic rings. The molecule has 1 aromatic heterocycles. The minimum absolute atomic E-state index is 0.0577. The SMILES string of the molecule is CCC(=O)CCCCCC(C(=O)NCC1CCCCN1C)c1ncc(-c2ccc3ccccc3c2)n1C. The maximum absolute atomic E-state index is 13.5. The van der Waals surface area contributed by atoms with Crippen molar-refractivity contribution in [3.8, 4) is 11.3 Å². The molecule has 2 unspecified atom stereocenters. The molecule has 2 heterocycles. The number of likely N-dealkylation sites (N-methyl/N-ethyl adjacent to an activating group) is 1. The molecule has 0 spiro atoms. The third-order valence-electron chi connectivity index (χ3n) is 7.97. The first-order valence-electron chi connectivity index (χ1n) is 14.0.